The van der Waals surface area contributed by atoms with Crippen LogP contribution in [-0.4, -0.2) is 32.5 Å². The van der Waals surface area contributed by atoms with Crippen LogP contribution in [0.3, 0.4) is 0 Å². The van der Waals surface area contributed by atoms with Crippen LogP contribution in [0.5, 0.6) is 0 Å². The van der Waals surface area contributed by atoms with Crippen molar-refractivity contribution >= 4 is 16.7 Å². The molecule has 0 heterocycles. The van der Waals surface area contributed by atoms with E-state index >= 15 is 0 Å². The standard InChI is InChI=1S/C11H8O2.C6H14O2/c12-11(13)10-6-5-8-3-1-2-4-9(8)7-10;1-5(2,7)6(3,4)8/h1-7H,(H,12,13);7-8H,1-4H3. The third-order valence-corrected chi connectivity index (χ3v) is 3.49. The first-order valence-electron chi connectivity index (χ1n) is 6.69. The molecule has 21 heavy (non-hydrogen) atoms. The summed E-state index contributed by atoms with van der Waals surface area (Å²) < 4.78 is 0. The number of hydrogen-bond donors (Lipinski definition) is 3. The summed E-state index contributed by atoms with van der Waals surface area (Å²) in [5, 5.41) is 29.0. The Morgan fingerprint density at radius 3 is 1.76 bits per heavy atom. The lowest BCUT2D eigenvalue weighted by atomic mass is 9.90. The number of aromatic carboxylic acids is 1. The molecule has 0 aliphatic carbocycles. The van der Waals surface area contributed by atoms with E-state index < -0.39 is 17.2 Å². The van der Waals surface area contributed by atoms with Crippen LogP contribution in [0.4, 0.5) is 0 Å². The van der Waals surface area contributed by atoms with Crippen LogP contribution in [0.2, 0.25) is 0 Å². The highest BCUT2D eigenvalue weighted by atomic mass is 16.4. The number of hydrogen-bond acceptors (Lipinski definition) is 3. The number of carboxylic acid groups (broad SMARTS) is 1. The van der Waals surface area contributed by atoms with Gasteiger partial charge in [0.25, 0.3) is 0 Å². The van der Waals surface area contributed by atoms with Gasteiger partial charge in [-0.05, 0) is 50.6 Å². The second kappa shape index (κ2) is 6.24. The first-order valence-corrected chi connectivity index (χ1v) is 6.69. The topological polar surface area (TPSA) is 77.8 Å². The maximum atomic E-state index is 10.6. The molecular weight excluding hydrogens is 268 g/mol. The molecule has 114 valence electrons. The van der Waals surface area contributed by atoms with Gasteiger partial charge in [0.1, 0.15) is 0 Å². The van der Waals surface area contributed by atoms with Crippen LogP contribution >= 0.6 is 0 Å². The predicted molar refractivity (Wildman–Crippen MR) is 83.5 cm³/mol. The third-order valence-electron chi connectivity index (χ3n) is 3.49. The lowest BCUT2D eigenvalue weighted by molar-refractivity contribution is -0.107. The summed E-state index contributed by atoms with van der Waals surface area (Å²) in [5.74, 6) is -0.884. The molecule has 3 N–H and O–H groups in total. The average molecular weight is 290 g/mol. The zero-order chi connectivity index (χ0) is 16.3. The molecule has 4 nitrogen and oxygen atoms in total. The second-order valence-electron chi connectivity index (χ2n) is 5.99. The van der Waals surface area contributed by atoms with Crippen LogP contribution in [0.25, 0.3) is 10.8 Å². The highest BCUT2D eigenvalue weighted by Crippen LogP contribution is 2.19. The molecule has 2 rings (SSSR count). The Morgan fingerprint density at radius 2 is 1.33 bits per heavy atom. The van der Waals surface area contributed by atoms with Gasteiger partial charge in [-0.15, -0.1) is 0 Å². The molecule has 0 aliphatic heterocycles. The van der Waals surface area contributed by atoms with Crippen LogP contribution < -0.4 is 0 Å². The summed E-state index contributed by atoms with van der Waals surface area (Å²) in [6.45, 7) is 6.31. The lowest BCUT2D eigenvalue weighted by Crippen LogP contribution is -2.44. The van der Waals surface area contributed by atoms with Crippen LogP contribution in [-0.2, 0) is 0 Å². The van der Waals surface area contributed by atoms with Gasteiger partial charge < -0.3 is 15.3 Å². The molecule has 2 aromatic rings. The van der Waals surface area contributed by atoms with Gasteiger partial charge in [-0.1, -0.05) is 30.3 Å². The number of rotatable bonds is 2. The van der Waals surface area contributed by atoms with E-state index in [1.807, 2.05) is 30.3 Å². The molecule has 0 saturated carbocycles. The summed E-state index contributed by atoms with van der Waals surface area (Å²) in [5.41, 5.74) is -1.68. The largest absolute Gasteiger partial charge is 0.478 e. The van der Waals surface area contributed by atoms with E-state index in [4.69, 9.17) is 15.3 Å². The average Bonchev–Trinajstić information content (AvgIpc) is 2.36. The van der Waals surface area contributed by atoms with E-state index in [0.717, 1.165) is 10.8 Å². The Labute approximate surface area is 124 Å². The zero-order valence-electron chi connectivity index (χ0n) is 12.8. The molecule has 0 unspecified atom stereocenters. The molecular formula is C17H22O4. The number of benzene rings is 2. The molecule has 0 spiro atoms. The van der Waals surface area contributed by atoms with Crippen molar-refractivity contribution in [2.45, 2.75) is 38.9 Å². The van der Waals surface area contributed by atoms with Crippen molar-refractivity contribution < 1.29 is 20.1 Å². The molecule has 0 saturated heterocycles. The Balaban J connectivity index is 0.000000240. The first kappa shape index (κ1) is 17.1. The van der Waals surface area contributed by atoms with E-state index in [2.05, 4.69) is 0 Å². The van der Waals surface area contributed by atoms with E-state index in [1.165, 1.54) is 0 Å². The van der Waals surface area contributed by atoms with Gasteiger partial charge in [-0.3, -0.25) is 0 Å². The van der Waals surface area contributed by atoms with Crippen molar-refractivity contribution in [2.75, 3.05) is 0 Å². The maximum absolute atomic E-state index is 10.6. The molecule has 0 atom stereocenters. The molecule has 0 aliphatic rings. The quantitative estimate of drug-likeness (QED) is 0.794. The minimum atomic E-state index is -1.01. The smallest absolute Gasteiger partial charge is 0.335 e. The number of fused-ring (bicyclic) bond motifs is 1. The maximum Gasteiger partial charge on any atom is 0.335 e. The Morgan fingerprint density at radius 1 is 0.857 bits per heavy atom. The Kier molecular flexibility index (Phi) is 5.10. The minimum absolute atomic E-state index is 0.332. The minimum Gasteiger partial charge on any atom is -0.478 e. The Hall–Kier alpha value is -1.91. The van der Waals surface area contributed by atoms with Crippen LogP contribution in [0, 0.1) is 0 Å². The van der Waals surface area contributed by atoms with Gasteiger partial charge in [0.2, 0.25) is 0 Å². The fraction of sp³-hybridized carbons (Fsp3) is 0.353. The third kappa shape index (κ3) is 4.85. The van der Waals surface area contributed by atoms with Crippen molar-refractivity contribution in [3.8, 4) is 0 Å². The summed E-state index contributed by atoms with van der Waals surface area (Å²) in [6, 6.07) is 12.8. The SMILES string of the molecule is CC(C)(O)C(C)(C)O.O=C(O)c1ccc2ccccc2c1. The van der Waals surface area contributed by atoms with Gasteiger partial charge >= 0.3 is 5.97 Å². The molecule has 0 fully saturated rings. The monoisotopic (exact) mass is 290 g/mol. The predicted octanol–water partition coefficient (Wildman–Crippen LogP) is 3.07. The number of carbonyl (C=O) groups is 1. The number of aliphatic hydroxyl groups is 2. The van der Waals surface area contributed by atoms with Crippen LogP contribution in [0.1, 0.15) is 38.1 Å². The van der Waals surface area contributed by atoms with Crippen molar-refractivity contribution in [1.82, 2.24) is 0 Å². The fourth-order valence-electron chi connectivity index (χ4n) is 1.32. The van der Waals surface area contributed by atoms with Crippen molar-refractivity contribution in [3.05, 3.63) is 48.0 Å². The van der Waals surface area contributed by atoms with Gasteiger partial charge in [0, 0.05) is 0 Å². The molecule has 0 bridgehead atoms. The lowest BCUT2D eigenvalue weighted by Gasteiger charge is -2.31. The van der Waals surface area contributed by atoms with E-state index in [0.29, 0.717) is 5.56 Å². The highest BCUT2D eigenvalue weighted by molar-refractivity contribution is 5.94. The van der Waals surface area contributed by atoms with Crippen LogP contribution in [0.15, 0.2) is 42.5 Å². The fourth-order valence-corrected chi connectivity index (χ4v) is 1.32. The van der Waals surface area contributed by atoms with Gasteiger partial charge in [0.05, 0.1) is 16.8 Å². The van der Waals surface area contributed by atoms with E-state index in [1.54, 1.807) is 39.8 Å². The highest BCUT2D eigenvalue weighted by Gasteiger charge is 2.31. The van der Waals surface area contributed by atoms with Crippen molar-refractivity contribution in [2.24, 2.45) is 0 Å². The zero-order valence-corrected chi connectivity index (χ0v) is 12.8. The van der Waals surface area contributed by atoms with E-state index in [-0.39, 0.29) is 0 Å². The first-order chi connectivity index (χ1) is 9.52. The van der Waals surface area contributed by atoms with Gasteiger partial charge in [-0.2, -0.15) is 0 Å². The molecule has 0 radical (unpaired) electrons. The van der Waals surface area contributed by atoms with E-state index in [9.17, 15) is 4.79 Å². The molecule has 4 heteroatoms. The second-order valence-corrected chi connectivity index (χ2v) is 5.99. The summed E-state index contributed by atoms with van der Waals surface area (Å²) in [6.07, 6.45) is 0. The summed E-state index contributed by atoms with van der Waals surface area (Å²) in [4.78, 5) is 10.6. The normalized spacial score (nSPS) is 11.7. The molecule has 0 amide bonds. The summed E-state index contributed by atoms with van der Waals surface area (Å²) in [7, 11) is 0. The number of carboxylic acids is 1. The molecule has 0 aromatic heterocycles. The van der Waals surface area contributed by atoms with Crippen molar-refractivity contribution in [1.29, 1.82) is 0 Å². The van der Waals surface area contributed by atoms with Crippen molar-refractivity contribution in [3.63, 3.8) is 0 Å². The summed E-state index contributed by atoms with van der Waals surface area (Å²) >= 11 is 0. The van der Waals surface area contributed by atoms with Gasteiger partial charge in [0.15, 0.2) is 0 Å². The molecule has 2 aromatic carbocycles. The van der Waals surface area contributed by atoms with Gasteiger partial charge in [-0.25, -0.2) is 4.79 Å². The Bertz CT molecular complexity index is 606.